The van der Waals surface area contributed by atoms with Crippen molar-refractivity contribution in [1.82, 2.24) is 5.43 Å². The van der Waals surface area contributed by atoms with Gasteiger partial charge in [0.2, 0.25) is 5.91 Å². The van der Waals surface area contributed by atoms with Crippen molar-refractivity contribution < 1.29 is 9.59 Å². The van der Waals surface area contributed by atoms with Gasteiger partial charge >= 0.3 is 0 Å². The third-order valence-electron chi connectivity index (χ3n) is 8.62. The molecule has 4 aliphatic carbocycles. The highest BCUT2D eigenvalue weighted by atomic mass is 16.2. The Balaban J connectivity index is 1.15. The standard InChI is InChI=1S/C31H39N3O2/c1-20(33-34-28(35)19-31-16-21-13-22(17-31)15-23(14-21)18-31)24-7-11-27(12-8-24)32-29(36)25-5-9-26(10-6-25)30(2,3)4/h5-12,21-23H,13-19H2,1-4H3,(H,32,36)(H,34,35)/b33-20-. The Morgan fingerprint density at radius 3 is 1.92 bits per heavy atom. The van der Waals surface area contributed by atoms with Crippen LogP contribution >= 0.6 is 0 Å². The van der Waals surface area contributed by atoms with E-state index in [1.165, 1.54) is 44.1 Å². The van der Waals surface area contributed by atoms with Crippen LogP contribution in [-0.4, -0.2) is 17.5 Å². The van der Waals surface area contributed by atoms with Crippen molar-refractivity contribution in [2.45, 2.75) is 78.1 Å². The Labute approximate surface area is 215 Å². The van der Waals surface area contributed by atoms with E-state index in [-0.39, 0.29) is 22.6 Å². The average molecular weight is 486 g/mol. The van der Waals surface area contributed by atoms with Gasteiger partial charge in [0.25, 0.3) is 5.91 Å². The summed E-state index contributed by atoms with van der Waals surface area (Å²) < 4.78 is 0. The number of carbonyl (C=O) groups excluding carboxylic acids is 2. The van der Waals surface area contributed by atoms with Gasteiger partial charge in [0.05, 0.1) is 5.71 Å². The quantitative estimate of drug-likeness (QED) is 0.354. The van der Waals surface area contributed by atoms with Crippen LogP contribution in [0.1, 0.15) is 94.1 Å². The molecule has 5 heteroatoms. The van der Waals surface area contributed by atoms with Gasteiger partial charge in [-0.2, -0.15) is 5.10 Å². The van der Waals surface area contributed by atoms with Crippen LogP contribution in [0.4, 0.5) is 5.69 Å². The molecule has 4 saturated carbocycles. The van der Waals surface area contributed by atoms with E-state index >= 15 is 0 Å². The molecule has 0 aromatic heterocycles. The van der Waals surface area contributed by atoms with Crippen LogP contribution in [-0.2, 0) is 10.2 Å². The normalized spacial score (nSPS) is 27.1. The third-order valence-corrected chi connectivity index (χ3v) is 8.62. The summed E-state index contributed by atoms with van der Waals surface area (Å²) in [5.41, 5.74) is 7.31. The van der Waals surface area contributed by atoms with Crippen LogP contribution in [0.5, 0.6) is 0 Å². The molecule has 0 aliphatic heterocycles. The minimum Gasteiger partial charge on any atom is -0.322 e. The molecule has 0 unspecified atom stereocenters. The summed E-state index contributed by atoms with van der Waals surface area (Å²) in [5, 5.41) is 7.34. The summed E-state index contributed by atoms with van der Waals surface area (Å²) in [7, 11) is 0. The highest BCUT2D eigenvalue weighted by Gasteiger charge is 2.51. The lowest BCUT2D eigenvalue weighted by Crippen LogP contribution is -2.47. The van der Waals surface area contributed by atoms with Gasteiger partial charge in [-0.25, -0.2) is 5.43 Å². The van der Waals surface area contributed by atoms with E-state index in [0.29, 0.717) is 12.0 Å². The molecule has 36 heavy (non-hydrogen) atoms. The Morgan fingerprint density at radius 1 is 0.861 bits per heavy atom. The second-order valence-electron chi connectivity index (χ2n) is 12.7. The Bertz CT molecular complexity index is 1120. The number of rotatable bonds is 6. The molecule has 2 amide bonds. The fourth-order valence-electron chi connectivity index (χ4n) is 7.22. The predicted octanol–water partition coefficient (Wildman–Crippen LogP) is 6.68. The number of nitrogens with one attached hydrogen (secondary N) is 2. The molecule has 4 bridgehead atoms. The average Bonchev–Trinajstić information content (AvgIpc) is 2.81. The van der Waals surface area contributed by atoms with Crippen LogP contribution in [0.2, 0.25) is 0 Å². The van der Waals surface area contributed by atoms with E-state index in [1.54, 1.807) is 0 Å². The fourth-order valence-corrected chi connectivity index (χ4v) is 7.22. The molecule has 4 aliphatic rings. The first-order valence-corrected chi connectivity index (χ1v) is 13.4. The number of amides is 2. The van der Waals surface area contributed by atoms with Gasteiger partial charge in [0.15, 0.2) is 0 Å². The van der Waals surface area contributed by atoms with E-state index in [2.05, 4.69) is 36.6 Å². The van der Waals surface area contributed by atoms with E-state index in [0.717, 1.165) is 34.7 Å². The largest absolute Gasteiger partial charge is 0.322 e. The summed E-state index contributed by atoms with van der Waals surface area (Å²) >= 11 is 0. The topological polar surface area (TPSA) is 70.6 Å². The fraction of sp³-hybridized carbons (Fsp3) is 0.516. The van der Waals surface area contributed by atoms with Crippen molar-refractivity contribution in [2.75, 3.05) is 5.32 Å². The highest BCUT2D eigenvalue weighted by molar-refractivity contribution is 6.05. The molecule has 2 N–H and O–H groups in total. The van der Waals surface area contributed by atoms with Crippen LogP contribution < -0.4 is 10.7 Å². The first-order valence-electron chi connectivity index (χ1n) is 13.4. The minimum atomic E-state index is -0.134. The number of hydrazone groups is 1. The molecular formula is C31H39N3O2. The molecule has 0 saturated heterocycles. The molecule has 0 radical (unpaired) electrons. The van der Waals surface area contributed by atoms with Gasteiger partial charge in [-0.3, -0.25) is 9.59 Å². The zero-order valence-corrected chi connectivity index (χ0v) is 22.1. The van der Waals surface area contributed by atoms with Gasteiger partial charge in [-0.05, 0) is 109 Å². The number of benzene rings is 2. The van der Waals surface area contributed by atoms with E-state index in [9.17, 15) is 9.59 Å². The molecule has 190 valence electrons. The van der Waals surface area contributed by atoms with Crippen molar-refractivity contribution in [3.63, 3.8) is 0 Å². The Morgan fingerprint density at radius 2 is 1.39 bits per heavy atom. The molecule has 0 heterocycles. The molecular weight excluding hydrogens is 446 g/mol. The van der Waals surface area contributed by atoms with E-state index in [4.69, 9.17) is 0 Å². The minimum absolute atomic E-state index is 0.0395. The van der Waals surface area contributed by atoms with Gasteiger partial charge in [-0.1, -0.05) is 45.0 Å². The zero-order chi connectivity index (χ0) is 25.5. The molecule has 4 fully saturated rings. The molecule has 0 spiro atoms. The van der Waals surface area contributed by atoms with Gasteiger partial charge in [0, 0.05) is 17.7 Å². The number of nitrogens with zero attached hydrogens (tertiary/aromatic N) is 1. The summed E-state index contributed by atoms with van der Waals surface area (Å²) in [6.45, 7) is 8.37. The maximum Gasteiger partial charge on any atom is 0.255 e. The van der Waals surface area contributed by atoms with Crippen LogP contribution in [0.3, 0.4) is 0 Å². The Kier molecular flexibility index (Phi) is 6.52. The summed E-state index contributed by atoms with van der Waals surface area (Å²) in [6, 6.07) is 15.3. The second kappa shape index (κ2) is 9.49. The second-order valence-corrected chi connectivity index (χ2v) is 12.7. The maximum absolute atomic E-state index is 12.8. The zero-order valence-electron chi connectivity index (χ0n) is 22.1. The number of hydrogen-bond acceptors (Lipinski definition) is 3. The van der Waals surface area contributed by atoms with Crippen LogP contribution in [0.15, 0.2) is 53.6 Å². The number of carbonyl (C=O) groups is 2. The van der Waals surface area contributed by atoms with Crippen molar-refractivity contribution in [3.05, 3.63) is 65.2 Å². The SMILES string of the molecule is C/C(=N/NC(=O)CC12CC3CC(CC(C3)C1)C2)c1ccc(NC(=O)c2ccc(C(C)(C)C)cc2)cc1. The molecule has 6 rings (SSSR count). The number of hydrogen-bond donors (Lipinski definition) is 2. The lowest BCUT2D eigenvalue weighted by atomic mass is 9.49. The van der Waals surface area contributed by atoms with Gasteiger partial charge < -0.3 is 5.32 Å². The first kappa shape index (κ1) is 24.7. The maximum atomic E-state index is 12.8. The van der Waals surface area contributed by atoms with Gasteiger partial charge in [-0.15, -0.1) is 0 Å². The van der Waals surface area contributed by atoms with Crippen molar-refractivity contribution in [2.24, 2.45) is 28.3 Å². The van der Waals surface area contributed by atoms with E-state index in [1.807, 2.05) is 55.5 Å². The first-order chi connectivity index (χ1) is 17.1. The molecule has 2 aromatic rings. The summed E-state index contributed by atoms with van der Waals surface area (Å²) in [4.78, 5) is 25.4. The predicted molar refractivity (Wildman–Crippen MR) is 145 cm³/mol. The van der Waals surface area contributed by atoms with Crippen molar-refractivity contribution in [3.8, 4) is 0 Å². The molecule has 0 atom stereocenters. The Hall–Kier alpha value is -2.95. The summed E-state index contributed by atoms with van der Waals surface area (Å²) in [6.07, 6.45) is 8.44. The van der Waals surface area contributed by atoms with Crippen LogP contribution in [0, 0.1) is 23.2 Å². The third kappa shape index (κ3) is 5.40. The van der Waals surface area contributed by atoms with Crippen LogP contribution in [0.25, 0.3) is 0 Å². The molecule has 5 nitrogen and oxygen atoms in total. The highest BCUT2D eigenvalue weighted by Crippen LogP contribution is 2.61. The molecule has 2 aromatic carbocycles. The summed E-state index contributed by atoms with van der Waals surface area (Å²) in [5.74, 6) is 2.44. The van der Waals surface area contributed by atoms with Gasteiger partial charge in [0.1, 0.15) is 0 Å². The number of anilines is 1. The lowest BCUT2D eigenvalue weighted by Gasteiger charge is -2.56. The van der Waals surface area contributed by atoms with Crippen molar-refractivity contribution >= 4 is 23.2 Å². The monoisotopic (exact) mass is 485 g/mol. The lowest BCUT2D eigenvalue weighted by molar-refractivity contribution is -0.129. The van der Waals surface area contributed by atoms with E-state index < -0.39 is 0 Å². The van der Waals surface area contributed by atoms with Crippen molar-refractivity contribution in [1.29, 1.82) is 0 Å². The smallest absolute Gasteiger partial charge is 0.255 e.